The molecule has 0 atom stereocenters. The molecule has 0 bridgehead atoms. The second kappa shape index (κ2) is 5.61. The third kappa shape index (κ3) is 3.88. The van der Waals surface area contributed by atoms with Gasteiger partial charge in [-0.1, -0.05) is 27.7 Å². The summed E-state index contributed by atoms with van der Waals surface area (Å²) in [6, 6.07) is 8.95. The van der Waals surface area contributed by atoms with Crippen LogP contribution in [0.15, 0.2) is 24.3 Å². The molecule has 0 radical (unpaired) electrons. The maximum Gasteiger partial charge on any atom is -0.0376 e. The first-order valence-corrected chi connectivity index (χ1v) is 7.27. The molecule has 0 aromatic heterocycles. The minimum Gasteiger partial charge on any atom is -0.206 e. The smallest absolute Gasteiger partial charge is 0.0376 e. The van der Waals surface area contributed by atoms with Crippen LogP contribution in [0.5, 0.6) is 0 Å². The summed E-state index contributed by atoms with van der Waals surface area (Å²) in [7, 11) is 0.102. The largest absolute Gasteiger partial charge is 0.206 e. The van der Waals surface area contributed by atoms with Gasteiger partial charge in [-0.15, -0.1) is 7.92 Å². The summed E-state index contributed by atoms with van der Waals surface area (Å²) in [6.07, 6.45) is 2.77. The van der Waals surface area contributed by atoms with Crippen molar-refractivity contribution in [3.8, 4) is 0 Å². The molecule has 1 aromatic carbocycles. The molecule has 80 valence electrons. The highest BCUT2D eigenvalue weighted by molar-refractivity contribution is 7.65. The van der Waals surface area contributed by atoms with E-state index in [9.17, 15) is 0 Å². The molecule has 1 heteroatoms. The predicted octanol–water partition coefficient (Wildman–Crippen LogP) is 3.82. The van der Waals surface area contributed by atoms with E-state index >= 15 is 0 Å². The lowest BCUT2D eigenvalue weighted by molar-refractivity contribution is 0.721. The Balaban J connectivity index is 2.62. The molecule has 0 aliphatic rings. The molecule has 0 amide bonds. The Morgan fingerprint density at radius 1 is 1.14 bits per heavy atom. The van der Waals surface area contributed by atoms with Crippen molar-refractivity contribution >= 4 is 13.2 Å². The van der Waals surface area contributed by atoms with Crippen LogP contribution >= 0.6 is 7.92 Å². The fourth-order valence-electron chi connectivity index (χ4n) is 1.74. The normalized spacial score (nSPS) is 11.9. The lowest BCUT2D eigenvalue weighted by Gasteiger charge is -2.26. The molecule has 0 unspecified atom stereocenters. The van der Waals surface area contributed by atoms with Gasteiger partial charge in [-0.3, -0.25) is 0 Å². The lowest BCUT2D eigenvalue weighted by atomic mass is 10.3. The monoisotopic (exact) mass is 209 g/mol. The van der Waals surface area contributed by atoms with E-state index in [1.165, 1.54) is 12.3 Å². The number of rotatable bonds is 5. The third-order valence-corrected chi connectivity index (χ3v) is 5.55. The van der Waals surface area contributed by atoms with Gasteiger partial charge in [0, 0.05) is 0 Å². The van der Waals surface area contributed by atoms with Gasteiger partial charge in [-0.25, -0.2) is 6.07 Å². The topological polar surface area (TPSA) is 0 Å². The van der Waals surface area contributed by atoms with Gasteiger partial charge in [-0.2, -0.15) is 23.5 Å². The average molecular weight is 209 g/mol. The molecule has 0 N–H and O–H groups in total. The standard InChI is InChI=1S/C13H22P/c1-11(2)9-14(10-12(3)4)13-7-5-6-8-13/h5-8,11-12H,9-10H2,1-4H3/q-1. The van der Waals surface area contributed by atoms with Crippen LogP contribution in [-0.2, 0) is 0 Å². The minimum atomic E-state index is 0.102. The Hall–Kier alpha value is -0.220. The van der Waals surface area contributed by atoms with Crippen molar-refractivity contribution in [1.82, 2.24) is 0 Å². The third-order valence-electron chi connectivity index (χ3n) is 2.18. The first-order chi connectivity index (χ1) is 6.59. The van der Waals surface area contributed by atoms with Gasteiger partial charge >= 0.3 is 0 Å². The molecule has 0 heterocycles. The molecule has 0 saturated carbocycles. The van der Waals surface area contributed by atoms with Gasteiger partial charge in [-0.05, 0) is 24.2 Å². The second-order valence-electron chi connectivity index (χ2n) is 4.84. The maximum absolute atomic E-state index is 2.33. The van der Waals surface area contributed by atoms with E-state index < -0.39 is 0 Å². The van der Waals surface area contributed by atoms with Crippen LogP contribution in [0.1, 0.15) is 27.7 Å². The maximum atomic E-state index is 2.33. The highest BCUT2D eigenvalue weighted by atomic mass is 31.1. The fraction of sp³-hybridized carbons (Fsp3) is 0.615. The Kier molecular flexibility index (Phi) is 4.75. The van der Waals surface area contributed by atoms with Gasteiger partial charge in [0.25, 0.3) is 0 Å². The van der Waals surface area contributed by atoms with Crippen LogP contribution in [0.2, 0.25) is 0 Å². The number of hydrogen-bond acceptors (Lipinski definition) is 0. The molecular weight excluding hydrogens is 187 g/mol. The van der Waals surface area contributed by atoms with Crippen LogP contribution in [0.25, 0.3) is 0 Å². The molecular formula is C13H22P-. The lowest BCUT2D eigenvalue weighted by Crippen LogP contribution is -2.10. The van der Waals surface area contributed by atoms with Crippen LogP contribution in [-0.4, -0.2) is 12.3 Å². The molecule has 0 saturated heterocycles. The summed E-state index contributed by atoms with van der Waals surface area (Å²) in [5.41, 5.74) is 0. The van der Waals surface area contributed by atoms with E-state index in [1.54, 1.807) is 5.30 Å². The zero-order chi connectivity index (χ0) is 10.6. The van der Waals surface area contributed by atoms with Crippen molar-refractivity contribution in [3.63, 3.8) is 0 Å². The number of hydrogen-bond donors (Lipinski definition) is 0. The van der Waals surface area contributed by atoms with Gasteiger partial charge < -0.3 is 0 Å². The first-order valence-electron chi connectivity index (χ1n) is 5.56. The molecule has 0 aliphatic heterocycles. The van der Waals surface area contributed by atoms with Gasteiger partial charge in [0.2, 0.25) is 0 Å². The van der Waals surface area contributed by atoms with E-state index in [0.29, 0.717) is 0 Å². The van der Waals surface area contributed by atoms with Crippen molar-refractivity contribution in [2.45, 2.75) is 27.7 Å². The first kappa shape index (κ1) is 11.9. The Morgan fingerprint density at radius 2 is 1.71 bits per heavy atom. The molecule has 1 rings (SSSR count). The molecule has 0 aliphatic carbocycles. The summed E-state index contributed by atoms with van der Waals surface area (Å²) >= 11 is 0. The Bertz CT molecular complexity index is 224. The Labute approximate surface area is 89.8 Å². The predicted molar refractivity (Wildman–Crippen MR) is 68.0 cm³/mol. The van der Waals surface area contributed by atoms with Crippen molar-refractivity contribution in [1.29, 1.82) is 0 Å². The zero-order valence-corrected chi connectivity index (χ0v) is 10.7. The van der Waals surface area contributed by atoms with E-state index in [0.717, 1.165) is 11.8 Å². The van der Waals surface area contributed by atoms with Gasteiger partial charge in [0.1, 0.15) is 0 Å². The van der Waals surface area contributed by atoms with Crippen LogP contribution in [0.4, 0.5) is 0 Å². The summed E-state index contributed by atoms with van der Waals surface area (Å²) in [6.45, 7) is 9.33. The van der Waals surface area contributed by atoms with Crippen molar-refractivity contribution in [3.05, 3.63) is 24.3 Å². The van der Waals surface area contributed by atoms with Crippen molar-refractivity contribution < 1.29 is 0 Å². The van der Waals surface area contributed by atoms with Crippen molar-refractivity contribution in [2.75, 3.05) is 12.3 Å². The fourth-order valence-corrected chi connectivity index (χ4v) is 4.67. The van der Waals surface area contributed by atoms with Crippen LogP contribution in [0, 0.1) is 11.8 Å². The molecule has 0 spiro atoms. The van der Waals surface area contributed by atoms with E-state index in [1.807, 2.05) is 0 Å². The van der Waals surface area contributed by atoms with Gasteiger partial charge in [0.15, 0.2) is 0 Å². The molecule has 1 aromatic rings. The second-order valence-corrected chi connectivity index (χ2v) is 7.16. The highest BCUT2D eigenvalue weighted by Crippen LogP contribution is 2.38. The van der Waals surface area contributed by atoms with E-state index in [2.05, 4.69) is 52.0 Å². The SMILES string of the molecule is CC(C)CP(CC(C)C)c1cc[cH-]c1. The zero-order valence-electron chi connectivity index (χ0n) is 9.83. The van der Waals surface area contributed by atoms with Crippen molar-refractivity contribution in [2.24, 2.45) is 11.8 Å². The average Bonchev–Trinajstić information content (AvgIpc) is 2.52. The Morgan fingerprint density at radius 3 is 2.07 bits per heavy atom. The quantitative estimate of drug-likeness (QED) is 0.511. The molecule has 0 fully saturated rings. The summed E-state index contributed by atoms with van der Waals surface area (Å²) < 4.78 is 0. The molecule has 0 nitrogen and oxygen atoms in total. The van der Waals surface area contributed by atoms with Gasteiger partial charge in [0.05, 0.1) is 0 Å². The molecule has 14 heavy (non-hydrogen) atoms. The van der Waals surface area contributed by atoms with E-state index in [-0.39, 0.29) is 7.92 Å². The van der Waals surface area contributed by atoms with Crippen LogP contribution < -0.4 is 5.30 Å². The summed E-state index contributed by atoms with van der Waals surface area (Å²) in [4.78, 5) is 0. The minimum absolute atomic E-state index is 0.102. The summed E-state index contributed by atoms with van der Waals surface area (Å²) in [5.74, 6) is 1.66. The van der Waals surface area contributed by atoms with Crippen LogP contribution in [0.3, 0.4) is 0 Å². The van der Waals surface area contributed by atoms with E-state index in [4.69, 9.17) is 0 Å². The summed E-state index contributed by atoms with van der Waals surface area (Å²) in [5, 5.41) is 1.60. The highest BCUT2D eigenvalue weighted by Gasteiger charge is 2.09.